The summed E-state index contributed by atoms with van der Waals surface area (Å²) in [6.07, 6.45) is 6.16. The SMILES string of the molecule is CCCN1CCC[C@@]2(CCN(Cc3nc(CSC)no3)C2)C1=O. The summed E-state index contributed by atoms with van der Waals surface area (Å²) in [4.78, 5) is 21.7. The topological polar surface area (TPSA) is 62.5 Å². The number of piperidine rings is 1. The van der Waals surface area contributed by atoms with Gasteiger partial charge in [-0.05, 0) is 38.5 Å². The molecule has 1 amide bonds. The zero-order valence-corrected chi connectivity index (χ0v) is 14.9. The average molecular weight is 338 g/mol. The molecule has 128 valence electrons. The molecule has 3 rings (SSSR count). The van der Waals surface area contributed by atoms with Gasteiger partial charge in [-0.2, -0.15) is 16.7 Å². The fraction of sp³-hybridized carbons (Fsp3) is 0.812. The van der Waals surface area contributed by atoms with Crippen LogP contribution in [0.3, 0.4) is 0 Å². The van der Waals surface area contributed by atoms with Gasteiger partial charge in [-0.1, -0.05) is 12.1 Å². The van der Waals surface area contributed by atoms with Gasteiger partial charge in [0.05, 0.1) is 17.7 Å². The van der Waals surface area contributed by atoms with Crippen molar-refractivity contribution >= 4 is 17.7 Å². The molecular formula is C16H26N4O2S. The van der Waals surface area contributed by atoms with E-state index >= 15 is 0 Å². The van der Waals surface area contributed by atoms with Crippen LogP contribution in [0.1, 0.15) is 44.3 Å². The largest absolute Gasteiger partial charge is 0.342 e. The van der Waals surface area contributed by atoms with Crippen LogP contribution in [-0.2, 0) is 17.1 Å². The third-order valence-corrected chi connectivity index (χ3v) is 5.44. The minimum absolute atomic E-state index is 0.171. The predicted octanol–water partition coefficient (Wildman–Crippen LogP) is 2.16. The Kier molecular flexibility index (Phi) is 5.26. The number of likely N-dealkylation sites (tertiary alicyclic amines) is 2. The highest BCUT2D eigenvalue weighted by Gasteiger charge is 2.48. The first kappa shape index (κ1) is 16.8. The number of carbonyl (C=O) groups is 1. The number of hydrogen-bond donors (Lipinski definition) is 0. The van der Waals surface area contributed by atoms with E-state index in [4.69, 9.17) is 4.52 Å². The molecule has 0 radical (unpaired) electrons. The van der Waals surface area contributed by atoms with E-state index in [1.54, 1.807) is 11.8 Å². The second-order valence-corrected chi connectivity index (χ2v) is 7.54. The highest BCUT2D eigenvalue weighted by molar-refractivity contribution is 7.97. The number of thioether (sulfide) groups is 1. The summed E-state index contributed by atoms with van der Waals surface area (Å²) >= 11 is 1.68. The van der Waals surface area contributed by atoms with Crippen molar-refractivity contribution in [2.45, 2.75) is 44.9 Å². The molecule has 0 unspecified atom stereocenters. The molecular weight excluding hydrogens is 312 g/mol. The van der Waals surface area contributed by atoms with Crippen molar-refractivity contribution < 1.29 is 9.32 Å². The van der Waals surface area contributed by atoms with Gasteiger partial charge in [0, 0.05) is 19.6 Å². The highest BCUT2D eigenvalue weighted by atomic mass is 32.2. The van der Waals surface area contributed by atoms with E-state index in [-0.39, 0.29) is 5.41 Å². The maximum Gasteiger partial charge on any atom is 0.240 e. The van der Waals surface area contributed by atoms with Gasteiger partial charge in [0.2, 0.25) is 11.8 Å². The van der Waals surface area contributed by atoms with Crippen LogP contribution in [0.5, 0.6) is 0 Å². The normalized spacial score (nSPS) is 25.7. The fourth-order valence-electron chi connectivity index (χ4n) is 3.84. The Hall–Kier alpha value is -1.08. The molecule has 1 spiro atoms. The van der Waals surface area contributed by atoms with Crippen LogP contribution in [0.25, 0.3) is 0 Å². The van der Waals surface area contributed by atoms with Crippen LogP contribution >= 0.6 is 11.8 Å². The summed E-state index contributed by atoms with van der Waals surface area (Å²) in [7, 11) is 0. The van der Waals surface area contributed by atoms with Gasteiger partial charge in [0.15, 0.2) is 5.82 Å². The Labute approximate surface area is 142 Å². The van der Waals surface area contributed by atoms with Crippen molar-refractivity contribution in [2.24, 2.45) is 5.41 Å². The summed E-state index contributed by atoms with van der Waals surface area (Å²) < 4.78 is 5.33. The number of nitrogens with zero attached hydrogens (tertiary/aromatic N) is 4. The Bertz CT molecular complexity index is 548. The van der Waals surface area contributed by atoms with Crippen LogP contribution in [0.15, 0.2) is 4.52 Å². The Morgan fingerprint density at radius 2 is 2.22 bits per heavy atom. The summed E-state index contributed by atoms with van der Waals surface area (Å²) in [6.45, 7) is 6.37. The zero-order chi connectivity index (χ0) is 16.3. The van der Waals surface area contributed by atoms with Gasteiger partial charge < -0.3 is 9.42 Å². The van der Waals surface area contributed by atoms with E-state index in [2.05, 4.69) is 26.9 Å². The lowest BCUT2D eigenvalue weighted by Gasteiger charge is -2.39. The number of rotatable bonds is 6. The van der Waals surface area contributed by atoms with E-state index < -0.39 is 0 Å². The minimum atomic E-state index is -0.171. The molecule has 0 saturated carbocycles. The smallest absolute Gasteiger partial charge is 0.240 e. The lowest BCUT2D eigenvalue weighted by Crippen LogP contribution is -2.50. The van der Waals surface area contributed by atoms with E-state index in [9.17, 15) is 4.79 Å². The minimum Gasteiger partial charge on any atom is -0.342 e. The average Bonchev–Trinajstić information content (AvgIpc) is 3.14. The van der Waals surface area contributed by atoms with Gasteiger partial charge in [-0.3, -0.25) is 9.69 Å². The number of aromatic nitrogens is 2. The zero-order valence-electron chi connectivity index (χ0n) is 14.1. The molecule has 2 saturated heterocycles. The highest BCUT2D eigenvalue weighted by Crippen LogP contribution is 2.40. The molecule has 3 heterocycles. The lowest BCUT2D eigenvalue weighted by molar-refractivity contribution is -0.145. The van der Waals surface area contributed by atoms with Crippen molar-refractivity contribution in [3.63, 3.8) is 0 Å². The molecule has 6 nitrogen and oxygen atoms in total. The molecule has 2 fully saturated rings. The number of carbonyl (C=O) groups excluding carboxylic acids is 1. The second-order valence-electron chi connectivity index (χ2n) is 6.67. The van der Waals surface area contributed by atoms with E-state index in [0.717, 1.165) is 63.4 Å². The van der Waals surface area contributed by atoms with E-state index in [1.807, 2.05) is 6.26 Å². The molecule has 23 heavy (non-hydrogen) atoms. The van der Waals surface area contributed by atoms with Crippen molar-refractivity contribution in [2.75, 3.05) is 32.4 Å². The predicted molar refractivity (Wildman–Crippen MR) is 89.9 cm³/mol. The molecule has 1 atom stereocenters. The first-order valence-electron chi connectivity index (χ1n) is 8.49. The summed E-state index contributed by atoms with van der Waals surface area (Å²) in [5.41, 5.74) is -0.171. The van der Waals surface area contributed by atoms with Gasteiger partial charge in [-0.15, -0.1) is 0 Å². The number of hydrogen-bond acceptors (Lipinski definition) is 6. The summed E-state index contributed by atoms with van der Waals surface area (Å²) in [6, 6.07) is 0. The third-order valence-electron chi connectivity index (χ3n) is 4.89. The second kappa shape index (κ2) is 7.21. The fourth-order valence-corrected chi connectivity index (χ4v) is 4.22. The molecule has 1 aromatic heterocycles. The Balaban J connectivity index is 1.61. The van der Waals surface area contributed by atoms with Crippen LogP contribution in [0, 0.1) is 5.41 Å². The van der Waals surface area contributed by atoms with Gasteiger partial charge in [0.1, 0.15) is 0 Å². The molecule has 7 heteroatoms. The molecule has 0 N–H and O–H groups in total. The first-order valence-corrected chi connectivity index (χ1v) is 9.88. The first-order chi connectivity index (χ1) is 11.2. The number of amides is 1. The molecule has 0 aliphatic carbocycles. The van der Waals surface area contributed by atoms with Crippen molar-refractivity contribution in [3.8, 4) is 0 Å². The monoisotopic (exact) mass is 338 g/mol. The maximum atomic E-state index is 12.9. The maximum absolute atomic E-state index is 12.9. The van der Waals surface area contributed by atoms with Crippen LogP contribution in [0.2, 0.25) is 0 Å². The molecule has 0 aromatic carbocycles. The van der Waals surface area contributed by atoms with Gasteiger partial charge in [-0.25, -0.2) is 0 Å². The quantitative estimate of drug-likeness (QED) is 0.792. The Morgan fingerprint density at radius 1 is 1.35 bits per heavy atom. The molecule has 1 aromatic rings. The Morgan fingerprint density at radius 3 is 3.00 bits per heavy atom. The van der Waals surface area contributed by atoms with Crippen LogP contribution in [0.4, 0.5) is 0 Å². The summed E-state index contributed by atoms with van der Waals surface area (Å²) in [5, 5.41) is 3.99. The standard InChI is InChI=1S/C16H26N4O2S/c1-3-7-20-8-4-5-16(15(20)21)6-9-19(12-16)10-14-17-13(11-23-2)18-22-14/h3-12H2,1-2H3/t16-/m0/s1. The van der Waals surface area contributed by atoms with Gasteiger partial charge >= 0.3 is 0 Å². The van der Waals surface area contributed by atoms with Gasteiger partial charge in [0.25, 0.3) is 0 Å². The van der Waals surface area contributed by atoms with E-state index in [1.165, 1.54) is 0 Å². The van der Waals surface area contributed by atoms with E-state index in [0.29, 0.717) is 18.3 Å². The lowest BCUT2D eigenvalue weighted by atomic mass is 9.78. The third kappa shape index (κ3) is 3.55. The molecule has 2 aliphatic rings. The van der Waals surface area contributed by atoms with Crippen molar-refractivity contribution in [1.29, 1.82) is 0 Å². The molecule has 0 bridgehead atoms. The van der Waals surface area contributed by atoms with Crippen LogP contribution < -0.4 is 0 Å². The molecule has 2 aliphatic heterocycles. The summed E-state index contributed by atoms with van der Waals surface area (Å²) in [5.74, 6) is 2.56. The van der Waals surface area contributed by atoms with Crippen molar-refractivity contribution in [1.82, 2.24) is 19.9 Å². The van der Waals surface area contributed by atoms with Crippen LogP contribution in [-0.4, -0.2) is 58.3 Å². The van der Waals surface area contributed by atoms with Crippen molar-refractivity contribution in [3.05, 3.63) is 11.7 Å².